The van der Waals surface area contributed by atoms with Crippen molar-refractivity contribution in [3.05, 3.63) is 58.3 Å². The molecule has 0 aromatic carbocycles. The molecule has 3 heterocycles. The average Bonchev–Trinajstić information content (AvgIpc) is 3.72. The number of pyridine rings is 1. The molecule has 12 heteroatoms. The SMILES string of the molecule is CCN1CCN(CC2=CC=C(C(=O)Nc3cc(C#Cc4cnc(NC(=O)C5CC5)s4)ccn3)CC2C(F)(F)F)CC1. The summed E-state index contributed by atoms with van der Waals surface area (Å²) < 4.78 is 42.1. The van der Waals surface area contributed by atoms with E-state index in [1.54, 1.807) is 18.3 Å². The molecule has 41 heavy (non-hydrogen) atoms. The molecule has 0 radical (unpaired) electrons. The van der Waals surface area contributed by atoms with Crippen molar-refractivity contribution in [2.24, 2.45) is 11.8 Å². The fourth-order valence-electron chi connectivity index (χ4n) is 4.77. The van der Waals surface area contributed by atoms with Gasteiger partial charge in [-0.3, -0.25) is 14.5 Å². The lowest BCUT2D eigenvalue weighted by Crippen LogP contribution is -2.47. The van der Waals surface area contributed by atoms with Gasteiger partial charge in [0.15, 0.2) is 5.13 Å². The molecule has 2 aliphatic carbocycles. The fraction of sp³-hybridized carbons (Fsp3) is 0.448. The number of allylic oxidation sites excluding steroid dienone is 2. The smallest absolute Gasteiger partial charge is 0.307 e. The number of hydrogen-bond donors (Lipinski definition) is 2. The summed E-state index contributed by atoms with van der Waals surface area (Å²) in [5.41, 5.74) is 0.895. The summed E-state index contributed by atoms with van der Waals surface area (Å²) in [7, 11) is 0. The molecule has 2 N–H and O–H groups in total. The van der Waals surface area contributed by atoms with E-state index in [0.29, 0.717) is 15.6 Å². The maximum absolute atomic E-state index is 14.0. The number of nitrogens with zero attached hydrogens (tertiary/aromatic N) is 4. The first kappa shape index (κ1) is 29.0. The van der Waals surface area contributed by atoms with E-state index in [9.17, 15) is 22.8 Å². The summed E-state index contributed by atoms with van der Waals surface area (Å²) in [4.78, 5) is 38.1. The molecule has 1 saturated heterocycles. The zero-order chi connectivity index (χ0) is 29.0. The van der Waals surface area contributed by atoms with Crippen molar-refractivity contribution in [2.75, 3.05) is 49.9 Å². The summed E-state index contributed by atoms with van der Waals surface area (Å²) in [5, 5.41) is 5.89. The predicted octanol–water partition coefficient (Wildman–Crippen LogP) is 4.30. The van der Waals surface area contributed by atoms with E-state index in [0.717, 1.165) is 45.6 Å². The standard InChI is InChI=1S/C29H31F3N6O2S/c1-2-37-11-13-38(14-12-37)18-22-7-6-21(16-24(22)29(30,31)32)27(40)35-25-15-19(9-10-33-25)3-8-23-17-34-28(41-23)36-26(39)20-4-5-20/h6-7,9-10,15,17,20,24H,2,4-5,11-14,16,18H2,1H3,(H,33,35,40)(H,34,36,39). The van der Waals surface area contributed by atoms with E-state index in [-0.39, 0.29) is 35.3 Å². The number of aromatic nitrogens is 2. The minimum atomic E-state index is -4.46. The van der Waals surface area contributed by atoms with Gasteiger partial charge >= 0.3 is 6.18 Å². The zero-order valence-corrected chi connectivity index (χ0v) is 23.4. The maximum Gasteiger partial charge on any atom is 0.395 e. The van der Waals surface area contributed by atoms with Crippen LogP contribution in [0.1, 0.15) is 36.6 Å². The van der Waals surface area contributed by atoms with Gasteiger partial charge in [0.2, 0.25) is 5.91 Å². The number of amides is 2. The average molecular weight is 585 g/mol. The topological polar surface area (TPSA) is 90.5 Å². The summed E-state index contributed by atoms with van der Waals surface area (Å²) in [6.45, 7) is 6.37. The molecule has 1 unspecified atom stereocenters. The van der Waals surface area contributed by atoms with Crippen molar-refractivity contribution < 1.29 is 22.8 Å². The molecule has 1 aliphatic heterocycles. The molecule has 5 rings (SSSR count). The van der Waals surface area contributed by atoms with Gasteiger partial charge < -0.3 is 15.5 Å². The monoisotopic (exact) mass is 584 g/mol. The molecular weight excluding hydrogens is 553 g/mol. The second kappa shape index (κ2) is 12.5. The van der Waals surface area contributed by atoms with Crippen molar-refractivity contribution in [1.29, 1.82) is 0 Å². The highest BCUT2D eigenvalue weighted by Crippen LogP contribution is 2.39. The van der Waals surface area contributed by atoms with Crippen LogP contribution in [0.25, 0.3) is 0 Å². The van der Waals surface area contributed by atoms with Crippen LogP contribution in [0.4, 0.5) is 24.1 Å². The summed E-state index contributed by atoms with van der Waals surface area (Å²) in [6, 6.07) is 3.22. The first-order chi connectivity index (χ1) is 19.7. The Labute approximate surface area is 240 Å². The van der Waals surface area contributed by atoms with Gasteiger partial charge in [0.1, 0.15) is 5.82 Å². The lowest BCUT2D eigenvalue weighted by Gasteiger charge is -2.36. The van der Waals surface area contributed by atoms with E-state index >= 15 is 0 Å². The van der Waals surface area contributed by atoms with E-state index in [2.05, 4.69) is 44.3 Å². The Balaban J connectivity index is 1.22. The number of likely N-dealkylation sites (N-methyl/N-ethyl adjacent to an activating group) is 1. The molecule has 216 valence electrons. The largest absolute Gasteiger partial charge is 0.395 e. The number of alkyl halides is 3. The van der Waals surface area contributed by atoms with Gasteiger partial charge in [-0.15, -0.1) is 0 Å². The van der Waals surface area contributed by atoms with E-state index in [1.165, 1.54) is 29.7 Å². The molecule has 3 aliphatic rings. The van der Waals surface area contributed by atoms with Crippen LogP contribution in [-0.4, -0.2) is 77.0 Å². The van der Waals surface area contributed by atoms with Crippen LogP contribution in [0.2, 0.25) is 0 Å². The summed E-state index contributed by atoms with van der Waals surface area (Å²) >= 11 is 1.26. The van der Waals surface area contributed by atoms with Crippen LogP contribution < -0.4 is 10.6 Å². The lowest BCUT2D eigenvalue weighted by molar-refractivity contribution is -0.165. The van der Waals surface area contributed by atoms with Gasteiger partial charge in [-0.25, -0.2) is 9.97 Å². The Morgan fingerprint density at radius 1 is 1.07 bits per heavy atom. The Morgan fingerprint density at radius 2 is 1.83 bits per heavy atom. The molecule has 2 aromatic rings. The number of carbonyl (C=O) groups is 2. The molecule has 2 aromatic heterocycles. The quantitative estimate of drug-likeness (QED) is 0.472. The second-order valence-electron chi connectivity index (χ2n) is 10.4. The van der Waals surface area contributed by atoms with Gasteiger partial charge in [-0.1, -0.05) is 36.3 Å². The van der Waals surface area contributed by atoms with E-state index in [4.69, 9.17) is 0 Å². The molecule has 0 spiro atoms. The predicted molar refractivity (Wildman–Crippen MR) is 151 cm³/mol. The Morgan fingerprint density at radius 3 is 2.54 bits per heavy atom. The van der Waals surface area contributed by atoms with Crippen LogP contribution in [0, 0.1) is 23.7 Å². The minimum Gasteiger partial charge on any atom is -0.307 e. The highest BCUT2D eigenvalue weighted by Gasteiger charge is 2.44. The number of nitrogens with one attached hydrogen (secondary N) is 2. The van der Waals surface area contributed by atoms with Crippen LogP contribution in [-0.2, 0) is 9.59 Å². The maximum atomic E-state index is 14.0. The third-order valence-electron chi connectivity index (χ3n) is 7.39. The van der Waals surface area contributed by atoms with Gasteiger partial charge in [0.05, 0.1) is 17.0 Å². The zero-order valence-electron chi connectivity index (χ0n) is 22.6. The third-order valence-corrected chi connectivity index (χ3v) is 8.22. The highest BCUT2D eigenvalue weighted by atomic mass is 32.1. The van der Waals surface area contributed by atoms with E-state index < -0.39 is 24.4 Å². The lowest BCUT2D eigenvalue weighted by atomic mass is 9.85. The Hall–Kier alpha value is -3.53. The van der Waals surface area contributed by atoms with Gasteiger partial charge in [0, 0.05) is 56.0 Å². The molecule has 1 atom stereocenters. The van der Waals surface area contributed by atoms with Gasteiger partial charge in [-0.05, 0) is 49.4 Å². The Bertz CT molecular complexity index is 1410. The normalized spacial score (nSPS) is 20.0. The number of piperazine rings is 1. The summed E-state index contributed by atoms with van der Waals surface area (Å²) in [6.07, 6.45) is 2.92. The van der Waals surface area contributed by atoms with Crippen molar-refractivity contribution in [3.8, 4) is 11.8 Å². The van der Waals surface area contributed by atoms with Gasteiger partial charge in [-0.2, -0.15) is 13.2 Å². The van der Waals surface area contributed by atoms with Crippen LogP contribution in [0.5, 0.6) is 0 Å². The van der Waals surface area contributed by atoms with Gasteiger partial charge in [0.25, 0.3) is 5.91 Å². The molecule has 1 saturated carbocycles. The number of carbonyl (C=O) groups excluding carboxylic acids is 2. The number of thiazole rings is 1. The number of hydrogen-bond acceptors (Lipinski definition) is 7. The van der Waals surface area contributed by atoms with Crippen molar-refractivity contribution in [2.45, 2.75) is 32.4 Å². The second-order valence-corrected chi connectivity index (χ2v) is 11.4. The summed E-state index contributed by atoms with van der Waals surface area (Å²) in [5.74, 6) is 3.85. The van der Waals surface area contributed by atoms with Crippen molar-refractivity contribution >= 4 is 34.1 Å². The number of rotatable bonds is 7. The molecule has 0 bridgehead atoms. The van der Waals surface area contributed by atoms with Crippen LogP contribution in [0.15, 0.2) is 47.8 Å². The molecule has 8 nitrogen and oxygen atoms in total. The molecular formula is C29H31F3N6O2S. The molecule has 2 fully saturated rings. The van der Waals surface area contributed by atoms with Crippen LogP contribution >= 0.6 is 11.3 Å². The molecule has 2 amide bonds. The fourth-order valence-corrected chi connectivity index (χ4v) is 5.44. The first-order valence-corrected chi connectivity index (χ1v) is 14.5. The Kier molecular flexibility index (Phi) is 8.87. The minimum absolute atomic E-state index is 0.0276. The number of anilines is 2. The van der Waals surface area contributed by atoms with Crippen LogP contribution in [0.3, 0.4) is 0 Å². The van der Waals surface area contributed by atoms with Crippen molar-refractivity contribution in [3.63, 3.8) is 0 Å². The third kappa shape index (κ3) is 7.81. The number of halogens is 3. The first-order valence-electron chi connectivity index (χ1n) is 13.6. The van der Waals surface area contributed by atoms with E-state index in [1.807, 2.05) is 4.90 Å². The highest BCUT2D eigenvalue weighted by molar-refractivity contribution is 7.16. The van der Waals surface area contributed by atoms with Crippen molar-refractivity contribution in [1.82, 2.24) is 19.8 Å².